The number of fused-ring (bicyclic) bond motifs is 1. The summed E-state index contributed by atoms with van der Waals surface area (Å²) in [5, 5.41) is 20.3. The number of phenolic OH excluding ortho intramolecular Hbond substituents is 1. The van der Waals surface area contributed by atoms with Crippen molar-refractivity contribution in [2.75, 3.05) is 33.4 Å². The van der Waals surface area contributed by atoms with Crippen molar-refractivity contribution in [2.45, 2.75) is 24.9 Å². The van der Waals surface area contributed by atoms with Crippen molar-refractivity contribution in [1.82, 2.24) is 21.3 Å². The van der Waals surface area contributed by atoms with Gasteiger partial charge < -0.3 is 40.6 Å². The first-order valence-corrected chi connectivity index (χ1v) is 13.7. The van der Waals surface area contributed by atoms with Crippen LogP contribution in [0.4, 0.5) is 0 Å². The molecule has 0 bridgehead atoms. The van der Waals surface area contributed by atoms with E-state index >= 15 is 0 Å². The molecule has 3 aromatic carbocycles. The fraction of sp³-hybridized carbons (Fsp3) is 0.290. The van der Waals surface area contributed by atoms with Crippen LogP contribution < -0.4 is 35.5 Å². The van der Waals surface area contributed by atoms with Crippen LogP contribution in [0, 0.1) is 0 Å². The summed E-state index contributed by atoms with van der Waals surface area (Å²) in [6.45, 7) is 0.426. The summed E-state index contributed by atoms with van der Waals surface area (Å²) in [5.41, 5.74) is 0.876. The molecule has 12 heteroatoms. The molecule has 3 aromatic rings. The van der Waals surface area contributed by atoms with Crippen LogP contribution in [0.2, 0.25) is 0 Å². The SMILES string of the molecule is COc1ccc(OCCNC(=O)[C@@H]2CC(=O)N[C@@H](Cc3ccc(O)cc3)C(=O)NCCOc3ccccc3C(=O)N2)cc1. The summed E-state index contributed by atoms with van der Waals surface area (Å²) in [5.74, 6) is -0.671. The molecular formula is C31H34N4O8. The number of benzene rings is 3. The Morgan fingerprint density at radius 3 is 2.44 bits per heavy atom. The van der Waals surface area contributed by atoms with Gasteiger partial charge >= 0.3 is 0 Å². The molecule has 0 fully saturated rings. The van der Waals surface area contributed by atoms with E-state index in [9.17, 15) is 24.3 Å². The first-order chi connectivity index (χ1) is 20.8. The third-order valence-corrected chi connectivity index (χ3v) is 6.56. The van der Waals surface area contributed by atoms with E-state index < -0.39 is 42.1 Å². The third-order valence-electron chi connectivity index (χ3n) is 6.56. The van der Waals surface area contributed by atoms with Gasteiger partial charge in [-0.1, -0.05) is 24.3 Å². The number of rotatable bonds is 8. The number of para-hydroxylation sites is 1. The molecular weight excluding hydrogens is 556 g/mol. The number of hydrogen-bond donors (Lipinski definition) is 5. The molecule has 0 unspecified atom stereocenters. The smallest absolute Gasteiger partial charge is 0.255 e. The lowest BCUT2D eigenvalue weighted by Gasteiger charge is -2.23. The fourth-order valence-electron chi connectivity index (χ4n) is 4.34. The number of phenols is 1. The van der Waals surface area contributed by atoms with Gasteiger partial charge in [0.2, 0.25) is 17.7 Å². The summed E-state index contributed by atoms with van der Waals surface area (Å²) in [6.07, 6.45) is -0.299. The second-order valence-corrected chi connectivity index (χ2v) is 9.67. The number of carbonyl (C=O) groups excluding carboxylic acids is 4. The van der Waals surface area contributed by atoms with E-state index in [0.29, 0.717) is 17.1 Å². The van der Waals surface area contributed by atoms with Crippen LogP contribution >= 0.6 is 0 Å². The zero-order chi connectivity index (χ0) is 30.6. The predicted molar refractivity (Wildman–Crippen MR) is 156 cm³/mol. The highest BCUT2D eigenvalue weighted by Crippen LogP contribution is 2.19. The summed E-state index contributed by atoms with van der Waals surface area (Å²) < 4.78 is 16.5. The highest BCUT2D eigenvalue weighted by Gasteiger charge is 2.28. The first-order valence-electron chi connectivity index (χ1n) is 13.7. The van der Waals surface area contributed by atoms with Crippen LogP contribution in [-0.2, 0) is 20.8 Å². The average molecular weight is 591 g/mol. The van der Waals surface area contributed by atoms with E-state index in [-0.39, 0.29) is 49.8 Å². The lowest BCUT2D eigenvalue weighted by molar-refractivity contribution is -0.131. The van der Waals surface area contributed by atoms with Crippen LogP contribution in [0.25, 0.3) is 0 Å². The van der Waals surface area contributed by atoms with Crippen LogP contribution in [-0.4, -0.2) is 74.2 Å². The Hall–Kier alpha value is -5.26. The van der Waals surface area contributed by atoms with E-state index in [2.05, 4.69) is 21.3 Å². The molecule has 226 valence electrons. The molecule has 2 atom stereocenters. The van der Waals surface area contributed by atoms with E-state index in [0.717, 1.165) is 0 Å². The highest BCUT2D eigenvalue weighted by atomic mass is 16.5. The van der Waals surface area contributed by atoms with Crippen molar-refractivity contribution in [3.05, 3.63) is 83.9 Å². The number of methoxy groups -OCH3 is 1. The van der Waals surface area contributed by atoms with Gasteiger partial charge in [-0.2, -0.15) is 0 Å². The Balaban J connectivity index is 1.47. The van der Waals surface area contributed by atoms with E-state index in [4.69, 9.17) is 14.2 Å². The molecule has 0 spiro atoms. The second-order valence-electron chi connectivity index (χ2n) is 9.67. The molecule has 12 nitrogen and oxygen atoms in total. The van der Waals surface area contributed by atoms with Crippen molar-refractivity contribution >= 4 is 23.6 Å². The number of hydrogen-bond acceptors (Lipinski definition) is 8. The summed E-state index contributed by atoms with van der Waals surface area (Å²) in [4.78, 5) is 52.6. The molecule has 1 aliphatic rings. The molecule has 0 saturated heterocycles. The first kappa shape index (κ1) is 30.7. The number of amides is 4. The van der Waals surface area contributed by atoms with Gasteiger partial charge in [-0.05, 0) is 54.1 Å². The fourth-order valence-corrected chi connectivity index (χ4v) is 4.34. The quantitative estimate of drug-likeness (QED) is 0.245. The van der Waals surface area contributed by atoms with Gasteiger partial charge in [0.1, 0.15) is 48.3 Å². The normalized spacial score (nSPS) is 17.6. The Kier molecular flexibility index (Phi) is 10.8. The number of nitrogens with one attached hydrogen (secondary N) is 4. The Morgan fingerprint density at radius 2 is 1.70 bits per heavy atom. The molecule has 0 saturated carbocycles. The third kappa shape index (κ3) is 9.12. The summed E-state index contributed by atoms with van der Waals surface area (Å²) >= 11 is 0. The van der Waals surface area contributed by atoms with Crippen molar-refractivity contribution in [2.24, 2.45) is 0 Å². The van der Waals surface area contributed by atoms with Crippen molar-refractivity contribution in [3.8, 4) is 23.0 Å². The van der Waals surface area contributed by atoms with Gasteiger partial charge in [0, 0.05) is 6.42 Å². The van der Waals surface area contributed by atoms with Crippen LogP contribution in [0.1, 0.15) is 22.3 Å². The van der Waals surface area contributed by atoms with Gasteiger partial charge in [0.25, 0.3) is 5.91 Å². The van der Waals surface area contributed by atoms with Crippen LogP contribution in [0.15, 0.2) is 72.8 Å². The van der Waals surface area contributed by atoms with Gasteiger partial charge in [-0.15, -0.1) is 0 Å². The van der Waals surface area contributed by atoms with Crippen molar-refractivity contribution < 1.29 is 38.5 Å². The maximum atomic E-state index is 13.2. The Morgan fingerprint density at radius 1 is 0.977 bits per heavy atom. The zero-order valence-corrected chi connectivity index (χ0v) is 23.6. The minimum atomic E-state index is -1.26. The van der Waals surface area contributed by atoms with Crippen molar-refractivity contribution in [1.29, 1.82) is 0 Å². The van der Waals surface area contributed by atoms with Crippen LogP contribution in [0.3, 0.4) is 0 Å². The molecule has 0 aromatic heterocycles. The summed E-state index contributed by atoms with van der Waals surface area (Å²) in [7, 11) is 1.56. The van der Waals surface area contributed by atoms with Gasteiger partial charge in [-0.3, -0.25) is 19.2 Å². The Labute approximate surface area is 248 Å². The maximum absolute atomic E-state index is 13.2. The van der Waals surface area contributed by atoms with Crippen molar-refractivity contribution in [3.63, 3.8) is 0 Å². The monoisotopic (exact) mass is 590 g/mol. The Bertz CT molecular complexity index is 1410. The minimum absolute atomic E-state index is 0.0635. The number of aromatic hydroxyl groups is 1. The second kappa shape index (κ2) is 15.1. The number of carbonyl (C=O) groups is 4. The summed E-state index contributed by atoms with van der Waals surface area (Å²) in [6, 6.07) is 17.5. The largest absolute Gasteiger partial charge is 0.508 e. The van der Waals surface area contributed by atoms with Gasteiger partial charge in [-0.25, -0.2) is 0 Å². The highest BCUT2D eigenvalue weighted by molar-refractivity contribution is 6.01. The van der Waals surface area contributed by atoms with Crippen LogP contribution in [0.5, 0.6) is 23.0 Å². The molecule has 43 heavy (non-hydrogen) atoms. The average Bonchev–Trinajstić information content (AvgIpc) is 3.01. The van der Waals surface area contributed by atoms with Gasteiger partial charge in [0.05, 0.1) is 32.2 Å². The lowest BCUT2D eigenvalue weighted by atomic mass is 10.0. The van der Waals surface area contributed by atoms with E-state index in [1.165, 1.54) is 12.1 Å². The maximum Gasteiger partial charge on any atom is 0.255 e. The topological polar surface area (TPSA) is 164 Å². The van der Waals surface area contributed by atoms with Gasteiger partial charge in [0.15, 0.2) is 0 Å². The standard InChI is InChI=1S/C31H34N4O8/c1-41-22-10-12-23(13-11-22)42-16-14-32-31(40)26-19-28(37)34-25(18-20-6-8-21(36)9-7-20)30(39)33-15-17-43-27-5-3-2-4-24(27)29(38)35-26/h2-13,25-26,36H,14-19H2,1H3,(H,32,40)(H,33,39)(H,34,37)(H,35,38)/t25-,26-/m0/s1. The molecule has 4 amide bonds. The van der Waals surface area contributed by atoms with E-state index in [1.807, 2.05) is 0 Å². The minimum Gasteiger partial charge on any atom is -0.508 e. The molecule has 1 heterocycles. The predicted octanol–water partition coefficient (Wildman–Crippen LogP) is 1.32. The molecule has 5 N–H and O–H groups in total. The van der Waals surface area contributed by atoms with E-state index in [1.54, 1.807) is 67.8 Å². The molecule has 1 aliphatic heterocycles. The molecule has 0 aliphatic carbocycles. The number of ether oxygens (including phenoxy) is 3. The molecule has 0 radical (unpaired) electrons. The molecule has 4 rings (SSSR count). The lowest BCUT2D eigenvalue weighted by Crippen LogP contribution is -2.53. The zero-order valence-electron chi connectivity index (χ0n) is 23.6.